The summed E-state index contributed by atoms with van der Waals surface area (Å²) in [5.41, 5.74) is 0.851. The maximum atomic E-state index is 12.1. The third kappa shape index (κ3) is 4.98. The van der Waals surface area contributed by atoms with Gasteiger partial charge in [0.15, 0.2) is 0 Å². The highest BCUT2D eigenvalue weighted by molar-refractivity contribution is 6.39. The predicted molar refractivity (Wildman–Crippen MR) is 95.0 cm³/mol. The van der Waals surface area contributed by atoms with Crippen LogP contribution in [0.4, 0.5) is 5.69 Å². The van der Waals surface area contributed by atoms with Gasteiger partial charge in [-0.05, 0) is 49.1 Å². The van der Waals surface area contributed by atoms with Crippen molar-refractivity contribution >= 4 is 17.5 Å². The summed E-state index contributed by atoms with van der Waals surface area (Å²) in [6, 6.07) is 7.04. The number of anilines is 1. The van der Waals surface area contributed by atoms with Crippen molar-refractivity contribution in [1.82, 2.24) is 5.32 Å². The van der Waals surface area contributed by atoms with E-state index in [2.05, 4.69) is 31.4 Å². The van der Waals surface area contributed by atoms with Crippen molar-refractivity contribution in [3.05, 3.63) is 24.3 Å². The summed E-state index contributed by atoms with van der Waals surface area (Å²) < 4.78 is 5.10. The number of rotatable bonds is 3. The molecular formula is C19H28N2O3. The highest BCUT2D eigenvalue weighted by atomic mass is 16.5. The van der Waals surface area contributed by atoms with Crippen molar-refractivity contribution in [2.75, 3.05) is 12.4 Å². The van der Waals surface area contributed by atoms with E-state index in [4.69, 9.17) is 4.74 Å². The smallest absolute Gasteiger partial charge is 0.313 e. The van der Waals surface area contributed by atoms with E-state index >= 15 is 0 Å². The summed E-state index contributed by atoms with van der Waals surface area (Å²) in [7, 11) is 1.56. The molecule has 2 N–H and O–H groups in total. The molecule has 0 unspecified atom stereocenters. The second-order valence-corrected chi connectivity index (χ2v) is 7.57. The Labute approximate surface area is 144 Å². The van der Waals surface area contributed by atoms with Gasteiger partial charge in [-0.2, -0.15) is 0 Å². The van der Waals surface area contributed by atoms with Crippen LogP contribution in [0.3, 0.4) is 0 Å². The molecule has 0 saturated heterocycles. The van der Waals surface area contributed by atoms with Gasteiger partial charge in [-0.3, -0.25) is 9.59 Å². The van der Waals surface area contributed by atoms with E-state index in [9.17, 15) is 9.59 Å². The minimum Gasteiger partial charge on any atom is -0.497 e. The lowest BCUT2D eigenvalue weighted by Crippen LogP contribution is -2.44. The van der Waals surface area contributed by atoms with E-state index in [0.29, 0.717) is 22.8 Å². The molecule has 0 spiro atoms. The molecule has 24 heavy (non-hydrogen) atoms. The minimum absolute atomic E-state index is 0.0900. The fourth-order valence-corrected chi connectivity index (χ4v) is 3.24. The number of carbonyl (C=O) groups is 2. The molecular weight excluding hydrogens is 304 g/mol. The Bertz CT molecular complexity index is 585. The SMILES string of the molecule is COc1cccc(NC(=O)C(=O)NC2CCC(C(C)(C)C)CC2)c1. The van der Waals surface area contributed by atoms with E-state index in [-0.39, 0.29) is 6.04 Å². The van der Waals surface area contributed by atoms with Gasteiger partial charge in [0.1, 0.15) is 5.75 Å². The second kappa shape index (κ2) is 7.69. The Morgan fingerprint density at radius 2 is 1.75 bits per heavy atom. The third-order valence-corrected chi connectivity index (χ3v) is 4.82. The molecule has 0 aromatic heterocycles. The van der Waals surface area contributed by atoms with Gasteiger partial charge in [0.25, 0.3) is 0 Å². The number of methoxy groups -OCH3 is 1. The van der Waals surface area contributed by atoms with Crippen LogP contribution in [-0.4, -0.2) is 25.0 Å². The molecule has 1 aliphatic carbocycles. The molecule has 1 aromatic carbocycles. The van der Waals surface area contributed by atoms with Crippen LogP contribution in [0, 0.1) is 11.3 Å². The van der Waals surface area contributed by atoms with Crippen LogP contribution in [0.15, 0.2) is 24.3 Å². The number of carbonyl (C=O) groups excluding carboxylic acids is 2. The summed E-state index contributed by atoms with van der Waals surface area (Å²) in [4.78, 5) is 24.1. The molecule has 1 fully saturated rings. The first kappa shape index (κ1) is 18.3. The quantitative estimate of drug-likeness (QED) is 0.834. The van der Waals surface area contributed by atoms with E-state index in [1.807, 2.05) is 0 Å². The molecule has 1 aromatic rings. The van der Waals surface area contributed by atoms with Gasteiger partial charge in [-0.25, -0.2) is 0 Å². The van der Waals surface area contributed by atoms with Crippen LogP contribution in [0.5, 0.6) is 5.75 Å². The Kier molecular flexibility index (Phi) is 5.86. The van der Waals surface area contributed by atoms with Gasteiger partial charge in [-0.1, -0.05) is 26.8 Å². The monoisotopic (exact) mass is 332 g/mol. The summed E-state index contributed by atoms with van der Waals surface area (Å²) in [5, 5.41) is 5.47. The molecule has 0 bridgehead atoms. The topological polar surface area (TPSA) is 67.4 Å². The van der Waals surface area contributed by atoms with Crippen LogP contribution >= 0.6 is 0 Å². The van der Waals surface area contributed by atoms with Crippen molar-refractivity contribution in [2.24, 2.45) is 11.3 Å². The number of nitrogens with one attached hydrogen (secondary N) is 2. The van der Waals surface area contributed by atoms with Gasteiger partial charge in [0, 0.05) is 17.8 Å². The van der Waals surface area contributed by atoms with E-state index in [1.165, 1.54) is 0 Å². The Morgan fingerprint density at radius 3 is 2.33 bits per heavy atom. The van der Waals surface area contributed by atoms with Gasteiger partial charge in [-0.15, -0.1) is 0 Å². The minimum atomic E-state index is -0.638. The summed E-state index contributed by atoms with van der Waals surface area (Å²) in [6.07, 6.45) is 4.04. The first-order chi connectivity index (χ1) is 11.3. The number of benzene rings is 1. The maximum Gasteiger partial charge on any atom is 0.313 e. The Hall–Kier alpha value is -2.04. The van der Waals surface area contributed by atoms with Crippen molar-refractivity contribution in [3.8, 4) is 5.75 Å². The van der Waals surface area contributed by atoms with Crippen LogP contribution < -0.4 is 15.4 Å². The second-order valence-electron chi connectivity index (χ2n) is 7.57. The Balaban J connectivity index is 1.83. The fourth-order valence-electron chi connectivity index (χ4n) is 3.24. The molecule has 5 heteroatoms. The molecule has 0 radical (unpaired) electrons. The molecule has 5 nitrogen and oxygen atoms in total. The maximum absolute atomic E-state index is 12.1. The van der Waals surface area contributed by atoms with Gasteiger partial charge in [0.05, 0.1) is 7.11 Å². The third-order valence-electron chi connectivity index (χ3n) is 4.82. The molecule has 0 aliphatic heterocycles. The number of hydrogen-bond acceptors (Lipinski definition) is 3. The van der Waals surface area contributed by atoms with Gasteiger partial charge in [0.2, 0.25) is 0 Å². The van der Waals surface area contributed by atoms with E-state index in [0.717, 1.165) is 25.7 Å². The highest BCUT2D eigenvalue weighted by Gasteiger charge is 2.30. The lowest BCUT2D eigenvalue weighted by molar-refractivity contribution is -0.136. The van der Waals surface area contributed by atoms with Crippen LogP contribution in [0.2, 0.25) is 0 Å². The van der Waals surface area contributed by atoms with E-state index < -0.39 is 11.8 Å². The number of hydrogen-bond donors (Lipinski definition) is 2. The molecule has 0 atom stereocenters. The average molecular weight is 332 g/mol. The average Bonchev–Trinajstić information content (AvgIpc) is 2.54. The lowest BCUT2D eigenvalue weighted by Gasteiger charge is -2.37. The fraction of sp³-hybridized carbons (Fsp3) is 0.579. The zero-order valence-corrected chi connectivity index (χ0v) is 15.0. The van der Waals surface area contributed by atoms with Gasteiger partial charge < -0.3 is 15.4 Å². The van der Waals surface area contributed by atoms with Crippen molar-refractivity contribution < 1.29 is 14.3 Å². The molecule has 0 heterocycles. The van der Waals surface area contributed by atoms with E-state index in [1.54, 1.807) is 31.4 Å². The summed E-state index contributed by atoms with van der Waals surface area (Å²) >= 11 is 0. The predicted octanol–water partition coefficient (Wildman–Crippen LogP) is 3.35. The largest absolute Gasteiger partial charge is 0.497 e. The number of ether oxygens (including phenoxy) is 1. The highest BCUT2D eigenvalue weighted by Crippen LogP contribution is 2.37. The first-order valence-corrected chi connectivity index (χ1v) is 8.55. The summed E-state index contributed by atoms with van der Waals surface area (Å²) in [6.45, 7) is 6.79. The molecule has 2 rings (SSSR count). The lowest BCUT2D eigenvalue weighted by atomic mass is 9.71. The standard InChI is InChI=1S/C19H28N2O3/c1-19(2,3)13-8-10-14(11-9-13)20-17(22)18(23)21-15-6-5-7-16(12-15)24-4/h5-7,12-14H,8-11H2,1-4H3,(H,20,22)(H,21,23). The number of amides is 2. The first-order valence-electron chi connectivity index (χ1n) is 8.55. The Morgan fingerprint density at radius 1 is 1.08 bits per heavy atom. The zero-order chi connectivity index (χ0) is 17.7. The molecule has 132 valence electrons. The van der Waals surface area contributed by atoms with Crippen molar-refractivity contribution in [3.63, 3.8) is 0 Å². The molecule has 2 amide bonds. The van der Waals surface area contributed by atoms with Gasteiger partial charge >= 0.3 is 11.8 Å². The normalized spacial score (nSPS) is 21.0. The summed E-state index contributed by atoms with van der Waals surface area (Å²) in [5.74, 6) is 0.100. The zero-order valence-electron chi connectivity index (χ0n) is 15.0. The molecule has 1 saturated carbocycles. The molecule has 1 aliphatic rings. The van der Waals surface area contributed by atoms with Crippen LogP contribution in [-0.2, 0) is 9.59 Å². The van der Waals surface area contributed by atoms with Crippen LogP contribution in [0.25, 0.3) is 0 Å². The van der Waals surface area contributed by atoms with Crippen molar-refractivity contribution in [2.45, 2.75) is 52.5 Å². The van der Waals surface area contributed by atoms with Crippen LogP contribution in [0.1, 0.15) is 46.5 Å². The van der Waals surface area contributed by atoms with Crippen molar-refractivity contribution in [1.29, 1.82) is 0 Å².